The molecule has 1 saturated carbocycles. The summed E-state index contributed by atoms with van der Waals surface area (Å²) in [6, 6.07) is 9.47. The number of anilines is 2. The molecule has 298 valence electrons. The minimum atomic E-state index is -1.45. The average Bonchev–Trinajstić information content (AvgIpc) is 3.76. The highest BCUT2D eigenvalue weighted by Crippen LogP contribution is 2.40. The molecule has 4 fully saturated rings. The SMILES string of the molecule is C[C@H](Oc1cc2nn(C3CCN(CC4(F)CN(c5ccc6c(c5)C(=O)N(C5CCC(=O)NC5=O)C6=O)C4)CC3)cc2cc1NC(=O)c1cnn2cccnc12)C1CC1. The third-order valence-corrected chi connectivity index (χ3v) is 12.2. The molecule has 3 saturated heterocycles. The Balaban J connectivity index is 0.778. The predicted octanol–water partition coefficient (Wildman–Crippen LogP) is 3.78. The predicted molar refractivity (Wildman–Crippen MR) is 207 cm³/mol. The first-order valence-corrected chi connectivity index (χ1v) is 19.8. The number of ether oxygens (including phenoxy) is 1. The largest absolute Gasteiger partial charge is 0.488 e. The van der Waals surface area contributed by atoms with Crippen molar-refractivity contribution in [3.63, 3.8) is 0 Å². The van der Waals surface area contributed by atoms with Gasteiger partial charge in [0.05, 0.1) is 53.8 Å². The molecule has 58 heavy (non-hydrogen) atoms. The number of aromatic nitrogens is 5. The number of likely N-dealkylation sites (tertiary alicyclic amines) is 1. The average molecular weight is 789 g/mol. The normalized spacial score (nSPS) is 21.7. The van der Waals surface area contributed by atoms with E-state index in [1.807, 2.05) is 27.9 Å². The monoisotopic (exact) mass is 788 g/mol. The van der Waals surface area contributed by atoms with Crippen molar-refractivity contribution in [2.75, 3.05) is 42.9 Å². The summed E-state index contributed by atoms with van der Waals surface area (Å²) < 4.78 is 26.1. The van der Waals surface area contributed by atoms with Crippen LogP contribution in [0.15, 0.2) is 61.2 Å². The van der Waals surface area contributed by atoms with E-state index in [4.69, 9.17) is 9.84 Å². The molecule has 3 aromatic heterocycles. The molecule has 1 unspecified atom stereocenters. The van der Waals surface area contributed by atoms with Crippen LogP contribution in [0.2, 0.25) is 0 Å². The molecule has 4 aliphatic heterocycles. The van der Waals surface area contributed by atoms with Crippen molar-refractivity contribution in [2.45, 2.75) is 69.3 Å². The summed E-state index contributed by atoms with van der Waals surface area (Å²) >= 11 is 0. The van der Waals surface area contributed by atoms with E-state index in [1.54, 1.807) is 41.2 Å². The van der Waals surface area contributed by atoms with Crippen LogP contribution in [-0.2, 0) is 9.59 Å². The lowest BCUT2D eigenvalue weighted by Crippen LogP contribution is -2.64. The van der Waals surface area contributed by atoms with Gasteiger partial charge in [0.2, 0.25) is 11.8 Å². The maximum absolute atomic E-state index is 16.1. The Morgan fingerprint density at radius 3 is 2.60 bits per heavy atom. The Bertz CT molecular complexity index is 2530. The number of alkyl halides is 1. The minimum absolute atomic E-state index is 0.0131. The van der Waals surface area contributed by atoms with Gasteiger partial charge in [-0.1, -0.05) is 0 Å². The van der Waals surface area contributed by atoms with Gasteiger partial charge in [-0.25, -0.2) is 13.9 Å². The highest BCUT2D eigenvalue weighted by molar-refractivity contribution is 6.23. The summed E-state index contributed by atoms with van der Waals surface area (Å²) in [5.41, 5.74) is 1.68. The van der Waals surface area contributed by atoms with E-state index < -0.39 is 35.3 Å². The molecule has 5 aliphatic rings. The molecule has 2 N–H and O–H groups in total. The molecule has 7 heterocycles. The lowest BCUT2D eigenvalue weighted by atomic mass is 9.92. The number of nitrogens with one attached hydrogen (secondary N) is 2. The number of imide groups is 2. The molecule has 2 atom stereocenters. The molecule has 1 aliphatic carbocycles. The number of halogens is 1. The van der Waals surface area contributed by atoms with Gasteiger partial charge in [-0.3, -0.25) is 43.8 Å². The van der Waals surface area contributed by atoms with Crippen LogP contribution in [0.5, 0.6) is 5.75 Å². The van der Waals surface area contributed by atoms with Gasteiger partial charge in [0.25, 0.3) is 17.7 Å². The van der Waals surface area contributed by atoms with E-state index in [1.165, 1.54) is 6.20 Å². The van der Waals surface area contributed by atoms with E-state index in [0.29, 0.717) is 47.3 Å². The van der Waals surface area contributed by atoms with E-state index in [2.05, 4.69) is 32.5 Å². The molecule has 0 bridgehead atoms. The molecule has 10 rings (SSSR count). The minimum Gasteiger partial charge on any atom is -0.488 e. The van der Waals surface area contributed by atoms with Gasteiger partial charge in [0, 0.05) is 61.8 Å². The number of rotatable bonds is 10. The number of carbonyl (C=O) groups is 5. The highest BCUT2D eigenvalue weighted by atomic mass is 19.1. The first kappa shape index (κ1) is 36.1. The summed E-state index contributed by atoms with van der Waals surface area (Å²) in [6.07, 6.45) is 10.8. The van der Waals surface area contributed by atoms with Crippen LogP contribution in [0.4, 0.5) is 15.8 Å². The number of nitrogens with zero attached hydrogens (tertiary/aromatic N) is 8. The molecule has 2 aromatic carbocycles. The van der Waals surface area contributed by atoms with Crippen LogP contribution in [0.1, 0.15) is 82.6 Å². The van der Waals surface area contributed by atoms with Crippen molar-refractivity contribution in [3.8, 4) is 5.75 Å². The Morgan fingerprint density at radius 2 is 1.83 bits per heavy atom. The van der Waals surface area contributed by atoms with Crippen molar-refractivity contribution < 1.29 is 33.1 Å². The van der Waals surface area contributed by atoms with Gasteiger partial charge in [-0.2, -0.15) is 10.2 Å². The molecule has 16 nitrogen and oxygen atoms in total. The maximum atomic E-state index is 16.1. The second-order valence-electron chi connectivity index (χ2n) is 16.3. The zero-order valence-electron chi connectivity index (χ0n) is 31.8. The maximum Gasteiger partial charge on any atom is 0.262 e. The second-order valence-corrected chi connectivity index (χ2v) is 16.3. The van der Waals surface area contributed by atoms with E-state index in [-0.39, 0.29) is 61.7 Å². The molecule has 17 heteroatoms. The fourth-order valence-electron chi connectivity index (χ4n) is 8.81. The highest BCUT2D eigenvalue weighted by Gasteiger charge is 2.48. The number of benzene rings is 2. The Labute approximate surface area is 331 Å². The summed E-state index contributed by atoms with van der Waals surface area (Å²) in [4.78, 5) is 73.2. The van der Waals surface area contributed by atoms with Gasteiger partial charge >= 0.3 is 0 Å². The van der Waals surface area contributed by atoms with E-state index >= 15 is 4.39 Å². The van der Waals surface area contributed by atoms with Crippen LogP contribution >= 0.6 is 0 Å². The van der Waals surface area contributed by atoms with Crippen LogP contribution in [0.25, 0.3) is 16.6 Å². The van der Waals surface area contributed by atoms with E-state index in [0.717, 1.165) is 41.5 Å². The molecule has 5 aromatic rings. The Hall–Kier alpha value is -6.23. The number of piperidine rings is 2. The zero-order valence-corrected chi connectivity index (χ0v) is 31.8. The fraction of sp³-hybridized carbons (Fsp3) is 0.415. The van der Waals surface area contributed by atoms with Crippen molar-refractivity contribution >= 4 is 57.5 Å². The summed E-state index contributed by atoms with van der Waals surface area (Å²) in [7, 11) is 0. The first-order chi connectivity index (χ1) is 28.0. The van der Waals surface area contributed by atoms with Gasteiger partial charge in [0.1, 0.15) is 17.4 Å². The quantitative estimate of drug-likeness (QED) is 0.197. The molecule has 0 spiro atoms. The number of amides is 5. The lowest BCUT2D eigenvalue weighted by molar-refractivity contribution is -0.136. The molecule has 5 amide bonds. The van der Waals surface area contributed by atoms with Gasteiger partial charge in [-0.05, 0) is 75.3 Å². The van der Waals surface area contributed by atoms with Crippen molar-refractivity contribution in [2.24, 2.45) is 5.92 Å². The van der Waals surface area contributed by atoms with Gasteiger partial charge < -0.3 is 15.0 Å². The Morgan fingerprint density at radius 1 is 1.03 bits per heavy atom. The standard InChI is InChI=1S/C41H41FN10O6/c1-23(24-3-4-24)58-34-17-31-25(15-32(34)45-37(54)30-18-44-50-12-2-11-43-36(30)50)19-51(47-31)26-9-13-48(14-10-26)20-41(42)21-49(22-41)27-5-6-28-29(16-27)40(57)52(39(28)56)33-7-8-35(53)46-38(33)55/h2,5-6,11-12,15-19,23-24,26,33H,3-4,7-10,13-14,20-22H2,1H3,(H,45,54)(H,46,53,55)/t23-,33?/m0/s1. The number of carbonyl (C=O) groups excluding carboxylic acids is 5. The topological polar surface area (TPSA) is 176 Å². The third-order valence-electron chi connectivity index (χ3n) is 12.2. The first-order valence-electron chi connectivity index (χ1n) is 19.8. The van der Waals surface area contributed by atoms with E-state index in [9.17, 15) is 24.0 Å². The van der Waals surface area contributed by atoms with Crippen LogP contribution in [0.3, 0.4) is 0 Å². The second kappa shape index (κ2) is 13.7. The molecule has 0 radical (unpaired) electrons. The third kappa shape index (κ3) is 6.42. The fourth-order valence-corrected chi connectivity index (χ4v) is 8.81. The summed E-state index contributed by atoms with van der Waals surface area (Å²) in [5.74, 6) is -1.55. The van der Waals surface area contributed by atoms with Gasteiger partial charge in [-0.15, -0.1) is 0 Å². The summed E-state index contributed by atoms with van der Waals surface area (Å²) in [5, 5.41) is 15.3. The van der Waals surface area contributed by atoms with Crippen molar-refractivity contribution in [3.05, 3.63) is 77.9 Å². The number of hydrogen-bond acceptors (Lipinski definition) is 11. The number of hydrogen-bond donors (Lipinski definition) is 2. The van der Waals surface area contributed by atoms with Crippen LogP contribution < -0.4 is 20.3 Å². The molecular formula is C41H41FN10O6. The van der Waals surface area contributed by atoms with Crippen LogP contribution in [-0.4, -0.2) is 114 Å². The van der Waals surface area contributed by atoms with Crippen molar-refractivity contribution in [1.82, 2.24) is 39.5 Å². The summed E-state index contributed by atoms with van der Waals surface area (Å²) in [6.45, 7) is 4.00. The zero-order chi connectivity index (χ0) is 39.9. The van der Waals surface area contributed by atoms with Crippen molar-refractivity contribution in [1.29, 1.82) is 0 Å². The molecular weight excluding hydrogens is 748 g/mol. The lowest BCUT2D eigenvalue weighted by Gasteiger charge is -2.48. The Kier molecular flexibility index (Phi) is 8.54. The number of fused-ring (bicyclic) bond motifs is 3. The van der Waals surface area contributed by atoms with Gasteiger partial charge in [0.15, 0.2) is 11.3 Å². The smallest absolute Gasteiger partial charge is 0.262 e. The van der Waals surface area contributed by atoms with Crippen LogP contribution in [0, 0.1) is 5.92 Å².